The molecule has 0 bridgehead atoms. The first-order valence-electron chi connectivity index (χ1n) is 6.64. The fourth-order valence-electron chi connectivity index (χ4n) is 2.13. The fraction of sp³-hybridized carbons (Fsp3) is 0.857. The molecule has 4 heteroatoms. The molecule has 1 aliphatic rings. The molecule has 0 aliphatic carbocycles. The summed E-state index contributed by atoms with van der Waals surface area (Å²) in [6, 6.07) is -0.366. The smallest absolute Gasteiger partial charge is 0.328 e. The van der Waals surface area contributed by atoms with E-state index in [4.69, 9.17) is 4.74 Å². The molecule has 0 radical (unpaired) electrons. The van der Waals surface area contributed by atoms with Gasteiger partial charge in [-0.2, -0.15) is 0 Å². The highest BCUT2D eigenvalue weighted by Gasteiger charge is 2.36. The van der Waals surface area contributed by atoms with E-state index in [2.05, 4.69) is 27.7 Å². The van der Waals surface area contributed by atoms with E-state index in [0.29, 0.717) is 18.9 Å². The van der Waals surface area contributed by atoms with E-state index in [-0.39, 0.29) is 23.3 Å². The van der Waals surface area contributed by atoms with Gasteiger partial charge in [-0.25, -0.2) is 4.79 Å². The molecule has 1 fully saturated rings. The Labute approximate surface area is 110 Å². The predicted octanol–water partition coefficient (Wildman–Crippen LogP) is 2.22. The van der Waals surface area contributed by atoms with Crippen molar-refractivity contribution in [1.29, 1.82) is 0 Å². The number of amides is 1. The third-order valence-electron chi connectivity index (χ3n) is 4.01. The molecular formula is C14H25NO3. The number of carbonyl (C=O) groups is 2. The van der Waals surface area contributed by atoms with Crippen LogP contribution in [0.3, 0.4) is 0 Å². The first kappa shape index (κ1) is 15.0. The molecule has 1 saturated heterocycles. The highest BCUT2D eigenvalue weighted by Crippen LogP contribution is 2.30. The number of hydrogen-bond acceptors (Lipinski definition) is 3. The van der Waals surface area contributed by atoms with Crippen LogP contribution in [0.2, 0.25) is 0 Å². The summed E-state index contributed by atoms with van der Waals surface area (Å²) in [5.41, 5.74) is 0.107. The standard InChI is InChI=1S/C14H25NO3/c1-10(14(2,3)4)9-12(16)15-8-6-7-11(15)13(17)18-5/h10-11H,6-9H2,1-5H3. The maximum Gasteiger partial charge on any atom is 0.328 e. The summed E-state index contributed by atoms with van der Waals surface area (Å²) in [6.07, 6.45) is 2.11. The van der Waals surface area contributed by atoms with E-state index in [1.807, 2.05) is 0 Å². The minimum atomic E-state index is -0.366. The summed E-state index contributed by atoms with van der Waals surface area (Å²) in [6.45, 7) is 9.16. The Kier molecular flexibility index (Phi) is 4.77. The molecule has 0 aromatic heterocycles. The molecule has 0 aromatic carbocycles. The van der Waals surface area contributed by atoms with Crippen molar-refractivity contribution in [1.82, 2.24) is 4.90 Å². The van der Waals surface area contributed by atoms with Crippen molar-refractivity contribution < 1.29 is 14.3 Å². The summed E-state index contributed by atoms with van der Waals surface area (Å²) in [5, 5.41) is 0. The van der Waals surface area contributed by atoms with Crippen LogP contribution in [0.15, 0.2) is 0 Å². The van der Waals surface area contributed by atoms with Crippen LogP contribution in [0.1, 0.15) is 47.0 Å². The Morgan fingerprint density at radius 2 is 2.00 bits per heavy atom. The molecule has 4 nitrogen and oxygen atoms in total. The van der Waals surface area contributed by atoms with Crippen molar-refractivity contribution in [2.75, 3.05) is 13.7 Å². The van der Waals surface area contributed by atoms with Crippen molar-refractivity contribution in [2.45, 2.75) is 53.0 Å². The summed E-state index contributed by atoms with van der Waals surface area (Å²) < 4.78 is 4.75. The summed E-state index contributed by atoms with van der Waals surface area (Å²) in [5.74, 6) is 0.0819. The molecule has 0 aromatic rings. The Morgan fingerprint density at radius 1 is 1.39 bits per heavy atom. The molecule has 0 spiro atoms. The van der Waals surface area contributed by atoms with Gasteiger partial charge in [-0.1, -0.05) is 27.7 Å². The maximum atomic E-state index is 12.3. The van der Waals surface area contributed by atoms with Crippen LogP contribution in [-0.4, -0.2) is 36.5 Å². The second-order valence-electron chi connectivity index (χ2n) is 6.24. The van der Waals surface area contributed by atoms with Crippen LogP contribution in [0.5, 0.6) is 0 Å². The van der Waals surface area contributed by atoms with Crippen molar-refractivity contribution in [3.05, 3.63) is 0 Å². The topological polar surface area (TPSA) is 46.6 Å². The van der Waals surface area contributed by atoms with Gasteiger partial charge in [0.1, 0.15) is 6.04 Å². The first-order valence-corrected chi connectivity index (χ1v) is 6.64. The SMILES string of the molecule is COC(=O)C1CCCN1C(=O)CC(C)C(C)(C)C. The van der Waals surface area contributed by atoms with Crippen LogP contribution in [-0.2, 0) is 14.3 Å². The summed E-state index contributed by atoms with van der Waals surface area (Å²) in [7, 11) is 1.38. The quantitative estimate of drug-likeness (QED) is 0.726. The van der Waals surface area contributed by atoms with Gasteiger partial charge in [0.2, 0.25) is 5.91 Å². The maximum absolute atomic E-state index is 12.3. The van der Waals surface area contributed by atoms with Crippen LogP contribution in [0.25, 0.3) is 0 Å². The van der Waals surface area contributed by atoms with E-state index < -0.39 is 0 Å². The van der Waals surface area contributed by atoms with Crippen LogP contribution in [0, 0.1) is 11.3 Å². The average molecular weight is 255 g/mol. The number of methoxy groups -OCH3 is 1. The van der Waals surface area contributed by atoms with Crippen LogP contribution < -0.4 is 0 Å². The van der Waals surface area contributed by atoms with Gasteiger partial charge in [0.05, 0.1) is 7.11 Å². The molecule has 1 rings (SSSR count). The lowest BCUT2D eigenvalue weighted by atomic mass is 9.80. The van der Waals surface area contributed by atoms with Gasteiger partial charge in [-0.15, -0.1) is 0 Å². The number of carbonyl (C=O) groups excluding carboxylic acids is 2. The zero-order valence-electron chi connectivity index (χ0n) is 12.2. The largest absolute Gasteiger partial charge is 0.467 e. The third kappa shape index (κ3) is 3.47. The third-order valence-corrected chi connectivity index (χ3v) is 4.01. The molecule has 1 amide bonds. The molecule has 2 unspecified atom stereocenters. The lowest BCUT2D eigenvalue weighted by Crippen LogP contribution is -2.42. The van der Waals surface area contributed by atoms with Crippen LogP contribution >= 0.6 is 0 Å². The average Bonchev–Trinajstić information content (AvgIpc) is 2.75. The van der Waals surface area contributed by atoms with Gasteiger partial charge in [-0.3, -0.25) is 4.79 Å². The molecule has 0 saturated carbocycles. The Bertz CT molecular complexity index is 319. The predicted molar refractivity (Wildman–Crippen MR) is 70.0 cm³/mol. The molecule has 1 heterocycles. The Morgan fingerprint density at radius 3 is 2.50 bits per heavy atom. The van der Waals surface area contributed by atoms with E-state index >= 15 is 0 Å². The van der Waals surface area contributed by atoms with Gasteiger partial charge >= 0.3 is 5.97 Å². The zero-order valence-corrected chi connectivity index (χ0v) is 12.2. The minimum Gasteiger partial charge on any atom is -0.467 e. The molecule has 1 aliphatic heterocycles. The number of nitrogens with zero attached hydrogens (tertiary/aromatic N) is 1. The van der Waals surface area contributed by atoms with Gasteiger partial charge in [-0.05, 0) is 24.2 Å². The lowest BCUT2D eigenvalue weighted by molar-refractivity contribution is -0.151. The normalized spacial score (nSPS) is 21.8. The molecule has 104 valence electrons. The van der Waals surface area contributed by atoms with Gasteiger partial charge in [0.15, 0.2) is 0 Å². The van der Waals surface area contributed by atoms with E-state index in [0.717, 1.165) is 12.8 Å². The molecule has 18 heavy (non-hydrogen) atoms. The minimum absolute atomic E-state index is 0.0744. The van der Waals surface area contributed by atoms with E-state index in [1.54, 1.807) is 4.90 Å². The van der Waals surface area contributed by atoms with Crippen LogP contribution in [0.4, 0.5) is 0 Å². The molecule has 2 atom stereocenters. The Balaban J connectivity index is 2.64. The second-order valence-corrected chi connectivity index (χ2v) is 6.24. The van der Waals surface area contributed by atoms with Gasteiger partial charge in [0, 0.05) is 13.0 Å². The van der Waals surface area contributed by atoms with E-state index in [9.17, 15) is 9.59 Å². The number of ether oxygens (including phenoxy) is 1. The summed E-state index contributed by atoms with van der Waals surface area (Å²) in [4.78, 5) is 25.5. The van der Waals surface area contributed by atoms with Gasteiger partial charge < -0.3 is 9.64 Å². The number of rotatable bonds is 3. The second kappa shape index (κ2) is 5.72. The molecule has 0 N–H and O–H groups in total. The monoisotopic (exact) mass is 255 g/mol. The van der Waals surface area contributed by atoms with Crippen molar-refractivity contribution in [3.63, 3.8) is 0 Å². The number of hydrogen-bond donors (Lipinski definition) is 0. The van der Waals surface area contributed by atoms with Gasteiger partial charge in [0.25, 0.3) is 0 Å². The first-order chi connectivity index (χ1) is 8.27. The summed E-state index contributed by atoms with van der Waals surface area (Å²) >= 11 is 0. The zero-order chi connectivity index (χ0) is 13.9. The fourth-order valence-corrected chi connectivity index (χ4v) is 2.13. The van der Waals surface area contributed by atoms with E-state index in [1.165, 1.54) is 7.11 Å². The Hall–Kier alpha value is -1.06. The lowest BCUT2D eigenvalue weighted by Gasteiger charge is -2.30. The molecular weight excluding hydrogens is 230 g/mol. The van der Waals surface area contributed by atoms with Crippen molar-refractivity contribution in [2.24, 2.45) is 11.3 Å². The highest BCUT2D eigenvalue weighted by atomic mass is 16.5. The van der Waals surface area contributed by atoms with Crippen molar-refractivity contribution in [3.8, 4) is 0 Å². The number of esters is 1. The van der Waals surface area contributed by atoms with Crippen molar-refractivity contribution >= 4 is 11.9 Å². The highest BCUT2D eigenvalue weighted by molar-refractivity contribution is 5.85. The number of likely N-dealkylation sites (tertiary alicyclic amines) is 1.